The van der Waals surface area contributed by atoms with Crippen LogP contribution in [-0.2, 0) is 11.2 Å². The van der Waals surface area contributed by atoms with E-state index in [9.17, 15) is 9.18 Å². The Hall–Kier alpha value is -3.91. The topological polar surface area (TPSA) is 89.0 Å². The first-order valence-corrected chi connectivity index (χ1v) is 13.6. The zero-order valence-electron chi connectivity index (χ0n) is 22.2. The second-order valence-corrected chi connectivity index (χ2v) is 10.8. The molecule has 7 nitrogen and oxygen atoms in total. The van der Waals surface area contributed by atoms with Crippen molar-refractivity contribution in [3.05, 3.63) is 71.8 Å². The zero-order chi connectivity index (χ0) is 26.9. The van der Waals surface area contributed by atoms with Gasteiger partial charge in [-0.2, -0.15) is 0 Å². The van der Waals surface area contributed by atoms with Gasteiger partial charge in [-0.05, 0) is 79.9 Å². The van der Waals surface area contributed by atoms with Crippen LogP contribution in [0.3, 0.4) is 0 Å². The van der Waals surface area contributed by atoms with Crippen molar-refractivity contribution >= 4 is 22.5 Å². The first-order chi connectivity index (χ1) is 19.0. The number of nitrogens with zero attached hydrogens (tertiary/aromatic N) is 3. The van der Waals surface area contributed by atoms with Gasteiger partial charge in [0.15, 0.2) is 0 Å². The molecule has 2 atom stereocenters. The number of rotatable bonds is 8. The lowest BCUT2D eigenvalue weighted by molar-refractivity contribution is -0.119. The number of fused-ring (bicyclic) bond motifs is 1. The molecular formula is C31H32FN5O2. The van der Waals surface area contributed by atoms with Gasteiger partial charge < -0.3 is 15.4 Å². The van der Waals surface area contributed by atoms with E-state index >= 15 is 0 Å². The average molecular weight is 526 g/mol. The average Bonchev–Trinajstić information content (AvgIpc) is 3.78. The van der Waals surface area contributed by atoms with Crippen LogP contribution in [0, 0.1) is 24.6 Å². The van der Waals surface area contributed by atoms with Gasteiger partial charge in [-0.15, -0.1) is 0 Å². The molecule has 2 aromatic heterocycles. The highest BCUT2D eigenvalue weighted by Gasteiger charge is 2.30. The summed E-state index contributed by atoms with van der Waals surface area (Å²) in [7, 11) is 0. The van der Waals surface area contributed by atoms with Crippen LogP contribution in [0.25, 0.3) is 22.0 Å². The van der Waals surface area contributed by atoms with Gasteiger partial charge in [-0.25, -0.2) is 19.3 Å². The van der Waals surface area contributed by atoms with E-state index in [0.717, 1.165) is 48.9 Å². The van der Waals surface area contributed by atoms with E-state index in [0.29, 0.717) is 40.1 Å². The summed E-state index contributed by atoms with van der Waals surface area (Å²) in [6.45, 7) is 6.07. The number of aryl methyl sites for hydroxylation is 1. The second kappa shape index (κ2) is 10.7. The molecule has 8 heteroatoms. The molecule has 200 valence electrons. The van der Waals surface area contributed by atoms with E-state index in [1.807, 2.05) is 37.3 Å². The van der Waals surface area contributed by atoms with Gasteiger partial charge in [0.05, 0.1) is 11.3 Å². The van der Waals surface area contributed by atoms with Gasteiger partial charge in [0.2, 0.25) is 11.8 Å². The molecular weight excluding hydrogens is 493 g/mol. The maximum atomic E-state index is 14.9. The van der Waals surface area contributed by atoms with E-state index < -0.39 is 0 Å². The number of carbonyl (C=O) groups excluding carboxylic acids is 1. The molecule has 0 bridgehead atoms. The number of Topliss-reactive ketones (excluding diaryl/α,β-unsaturated/α-hetero) is 1. The molecule has 6 rings (SSSR count). The number of hydrogen-bond acceptors (Lipinski definition) is 7. The summed E-state index contributed by atoms with van der Waals surface area (Å²) >= 11 is 0. The van der Waals surface area contributed by atoms with Crippen molar-refractivity contribution in [3.8, 4) is 22.9 Å². The monoisotopic (exact) mass is 525 g/mol. The summed E-state index contributed by atoms with van der Waals surface area (Å²) in [5.74, 6) is 1.93. The number of anilines is 1. The van der Waals surface area contributed by atoms with Gasteiger partial charge in [0.1, 0.15) is 17.3 Å². The van der Waals surface area contributed by atoms with Crippen molar-refractivity contribution < 1.29 is 13.9 Å². The summed E-state index contributed by atoms with van der Waals surface area (Å²) < 4.78 is 21.4. The number of aromatic nitrogens is 3. The molecule has 0 unspecified atom stereocenters. The molecule has 3 heterocycles. The van der Waals surface area contributed by atoms with E-state index in [1.54, 1.807) is 18.5 Å². The highest BCUT2D eigenvalue weighted by atomic mass is 19.1. The van der Waals surface area contributed by atoms with Gasteiger partial charge in [-0.3, -0.25) is 4.79 Å². The van der Waals surface area contributed by atoms with Gasteiger partial charge in [0.25, 0.3) is 0 Å². The molecule has 2 aromatic carbocycles. The third-order valence-electron chi connectivity index (χ3n) is 7.59. The molecule has 39 heavy (non-hydrogen) atoms. The van der Waals surface area contributed by atoms with E-state index in [-0.39, 0.29) is 30.0 Å². The maximum Gasteiger partial charge on any atom is 0.228 e. The van der Waals surface area contributed by atoms with Crippen LogP contribution in [0.2, 0.25) is 0 Å². The van der Waals surface area contributed by atoms with Gasteiger partial charge in [-0.1, -0.05) is 19.1 Å². The summed E-state index contributed by atoms with van der Waals surface area (Å²) in [6.07, 6.45) is 6.36. The lowest BCUT2D eigenvalue weighted by Crippen LogP contribution is -2.42. The molecule has 2 fully saturated rings. The van der Waals surface area contributed by atoms with Crippen molar-refractivity contribution in [1.29, 1.82) is 0 Å². The normalized spacial score (nSPS) is 19.2. The largest absolute Gasteiger partial charge is 0.437 e. The van der Waals surface area contributed by atoms with Gasteiger partial charge >= 0.3 is 0 Å². The minimum atomic E-state index is -0.367. The summed E-state index contributed by atoms with van der Waals surface area (Å²) in [6, 6.07) is 12.8. The zero-order valence-corrected chi connectivity index (χ0v) is 22.2. The Kier molecular flexibility index (Phi) is 6.95. The van der Waals surface area contributed by atoms with Crippen molar-refractivity contribution in [3.63, 3.8) is 0 Å². The van der Waals surface area contributed by atoms with E-state index in [2.05, 4.69) is 27.5 Å². The van der Waals surface area contributed by atoms with Crippen LogP contribution in [0.1, 0.15) is 37.3 Å². The molecule has 0 radical (unpaired) electrons. The summed E-state index contributed by atoms with van der Waals surface area (Å²) in [5.41, 5.74) is 2.72. The quantitative estimate of drug-likeness (QED) is 0.298. The number of hydrogen-bond donors (Lipinski definition) is 2. The molecule has 2 N–H and O–H groups in total. The minimum Gasteiger partial charge on any atom is -0.437 e. The lowest BCUT2D eigenvalue weighted by Gasteiger charge is -2.28. The first kappa shape index (κ1) is 25.4. The van der Waals surface area contributed by atoms with E-state index in [4.69, 9.17) is 9.72 Å². The SMILES string of the molecule is Cc1ccc2c(CC(=O)C3CC3)c(F)ccc2c1Oc1ncccc1-c1ccnc(N[C@@H]2CNC[C@H](C)C2)n1. The number of nitrogens with one attached hydrogen (secondary N) is 2. The molecule has 1 aliphatic carbocycles. The summed E-state index contributed by atoms with van der Waals surface area (Å²) in [5, 5.41) is 8.33. The Bertz CT molecular complexity index is 1540. The fourth-order valence-corrected chi connectivity index (χ4v) is 5.35. The number of halogens is 1. The third kappa shape index (κ3) is 5.47. The number of benzene rings is 2. The standard InChI is InChI=1S/C31H32FN5O2/c1-18-14-21(17-33-16-18)36-31-35-13-11-27(37-31)24-4-3-12-34-30(24)39-29-19(2)5-8-22-23(29)9-10-26(32)25(22)15-28(38)20-6-7-20/h3-5,8-13,18,20-21,33H,6-7,14-17H2,1-2H3,(H,35,36,37)/t18-,21+/m1/s1. The summed E-state index contributed by atoms with van der Waals surface area (Å²) in [4.78, 5) is 26.3. The highest BCUT2D eigenvalue weighted by Crippen LogP contribution is 2.39. The lowest BCUT2D eigenvalue weighted by atomic mass is 9.96. The van der Waals surface area contributed by atoms with Crippen molar-refractivity contribution in [2.45, 2.75) is 45.6 Å². The smallest absolute Gasteiger partial charge is 0.228 e. The number of ether oxygens (including phenoxy) is 1. The molecule has 4 aromatic rings. The minimum absolute atomic E-state index is 0.0712. The highest BCUT2D eigenvalue weighted by molar-refractivity contribution is 5.96. The second-order valence-electron chi connectivity index (χ2n) is 10.8. The van der Waals surface area contributed by atoms with Gasteiger partial charge in [0, 0.05) is 48.3 Å². The molecule has 1 aliphatic heterocycles. The maximum absolute atomic E-state index is 14.9. The Morgan fingerprint density at radius 2 is 1.92 bits per heavy atom. The fraction of sp³-hybridized carbons (Fsp3) is 0.355. The molecule has 1 saturated carbocycles. The molecule has 0 spiro atoms. The Morgan fingerprint density at radius 3 is 2.74 bits per heavy atom. The van der Waals surface area contributed by atoms with Crippen LogP contribution in [0.5, 0.6) is 11.6 Å². The Labute approximate surface area is 227 Å². The number of carbonyl (C=O) groups is 1. The Morgan fingerprint density at radius 1 is 1.08 bits per heavy atom. The molecule has 1 saturated heterocycles. The number of ketones is 1. The third-order valence-corrected chi connectivity index (χ3v) is 7.59. The number of pyridine rings is 1. The van der Waals surface area contributed by atoms with Crippen LogP contribution in [-0.4, -0.2) is 39.9 Å². The van der Waals surface area contributed by atoms with Crippen LogP contribution >= 0.6 is 0 Å². The Balaban J connectivity index is 1.33. The number of piperidine rings is 1. The molecule has 0 amide bonds. The van der Waals surface area contributed by atoms with Crippen LogP contribution in [0.15, 0.2) is 54.9 Å². The van der Waals surface area contributed by atoms with Crippen molar-refractivity contribution in [1.82, 2.24) is 20.3 Å². The van der Waals surface area contributed by atoms with Crippen molar-refractivity contribution in [2.24, 2.45) is 11.8 Å². The predicted molar refractivity (Wildman–Crippen MR) is 149 cm³/mol. The van der Waals surface area contributed by atoms with Crippen LogP contribution in [0.4, 0.5) is 10.3 Å². The van der Waals surface area contributed by atoms with Crippen molar-refractivity contribution in [2.75, 3.05) is 18.4 Å². The first-order valence-electron chi connectivity index (χ1n) is 13.6. The van der Waals surface area contributed by atoms with Crippen LogP contribution < -0.4 is 15.4 Å². The predicted octanol–water partition coefficient (Wildman–Crippen LogP) is 5.86. The fourth-order valence-electron chi connectivity index (χ4n) is 5.35. The molecule has 2 aliphatic rings. The van der Waals surface area contributed by atoms with E-state index in [1.165, 1.54) is 6.07 Å².